The van der Waals surface area contributed by atoms with E-state index in [1.807, 2.05) is 0 Å². The number of rotatable bonds is 6. The average Bonchev–Trinajstić information content (AvgIpc) is 2.72. The lowest BCUT2D eigenvalue weighted by atomic mass is 10.1. The summed E-state index contributed by atoms with van der Waals surface area (Å²) in [5, 5.41) is 2.66. The van der Waals surface area contributed by atoms with Gasteiger partial charge >= 0.3 is 6.18 Å². The molecule has 1 heterocycles. The molecule has 2 aromatic carbocycles. The highest BCUT2D eigenvalue weighted by Gasteiger charge is 2.30. The number of ketones is 1. The van der Waals surface area contributed by atoms with Crippen LogP contribution in [0.1, 0.15) is 15.9 Å². The Morgan fingerprint density at radius 1 is 1.07 bits per heavy atom. The van der Waals surface area contributed by atoms with Gasteiger partial charge in [0, 0.05) is 24.3 Å². The van der Waals surface area contributed by atoms with E-state index >= 15 is 0 Å². The molecular weight excluding hydrogens is 409 g/mol. The predicted molar refractivity (Wildman–Crippen MR) is 100 cm³/mol. The number of benzene rings is 2. The molecule has 0 amide bonds. The van der Waals surface area contributed by atoms with Crippen LogP contribution in [0.15, 0.2) is 53.4 Å². The Morgan fingerprint density at radius 3 is 2.34 bits per heavy atom. The second kappa shape index (κ2) is 8.52. The van der Waals surface area contributed by atoms with Crippen molar-refractivity contribution in [3.8, 4) is 0 Å². The molecule has 0 atom stereocenters. The van der Waals surface area contributed by atoms with Gasteiger partial charge in [-0.05, 0) is 42.5 Å². The van der Waals surface area contributed by atoms with Crippen LogP contribution >= 0.6 is 0 Å². The van der Waals surface area contributed by atoms with Crippen LogP contribution in [0.25, 0.3) is 0 Å². The molecule has 156 valence electrons. The highest BCUT2D eigenvalue weighted by Crippen LogP contribution is 2.30. The third kappa shape index (κ3) is 5.14. The normalized spacial score (nSPS) is 15.8. The molecule has 0 saturated carbocycles. The maximum atomic E-state index is 12.7. The summed E-state index contributed by atoms with van der Waals surface area (Å²) >= 11 is 0. The Bertz CT molecular complexity index is 970. The monoisotopic (exact) mass is 428 g/mol. The molecule has 0 aliphatic carbocycles. The Kier molecular flexibility index (Phi) is 6.25. The summed E-state index contributed by atoms with van der Waals surface area (Å²) in [5.41, 5.74) is -0.391. The van der Waals surface area contributed by atoms with E-state index in [4.69, 9.17) is 4.74 Å². The van der Waals surface area contributed by atoms with Gasteiger partial charge in [-0.3, -0.25) is 4.79 Å². The van der Waals surface area contributed by atoms with Gasteiger partial charge in [0.2, 0.25) is 10.0 Å². The Morgan fingerprint density at radius 2 is 1.72 bits per heavy atom. The standard InChI is InChI=1S/C19H19F3N2O4S/c20-19(21,22)15-2-1-3-16(12-15)23-13-18(25)14-4-6-17(7-5-14)29(26,27)24-8-10-28-11-9-24/h1-7,12,23H,8-11,13H2. The van der Waals surface area contributed by atoms with Crippen molar-refractivity contribution in [2.75, 3.05) is 38.2 Å². The summed E-state index contributed by atoms with van der Waals surface area (Å²) in [6.45, 7) is 0.971. The predicted octanol–water partition coefficient (Wildman–Crippen LogP) is 3.02. The number of hydrogen-bond donors (Lipinski definition) is 1. The summed E-state index contributed by atoms with van der Waals surface area (Å²) < 4.78 is 69.9. The molecule has 1 aliphatic rings. The highest BCUT2D eigenvalue weighted by atomic mass is 32.2. The molecular formula is C19H19F3N2O4S. The number of carbonyl (C=O) groups is 1. The van der Waals surface area contributed by atoms with Crippen LogP contribution < -0.4 is 5.32 Å². The summed E-state index contributed by atoms with van der Waals surface area (Å²) in [4.78, 5) is 12.4. The van der Waals surface area contributed by atoms with Crippen molar-refractivity contribution in [2.24, 2.45) is 0 Å². The van der Waals surface area contributed by atoms with Crippen LogP contribution in [0, 0.1) is 0 Å². The lowest BCUT2D eigenvalue weighted by Crippen LogP contribution is -2.40. The Balaban J connectivity index is 1.65. The van der Waals surface area contributed by atoms with Crippen LogP contribution in [-0.2, 0) is 20.9 Å². The molecule has 1 aliphatic heterocycles. The second-order valence-corrected chi connectivity index (χ2v) is 8.33. The quantitative estimate of drug-likeness (QED) is 0.716. The van der Waals surface area contributed by atoms with Crippen LogP contribution in [0.4, 0.5) is 18.9 Å². The van der Waals surface area contributed by atoms with Crippen LogP contribution in [0.2, 0.25) is 0 Å². The van der Waals surface area contributed by atoms with Crippen LogP contribution in [0.3, 0.4) is 0 Å². The molecule has 0 bridgehead atoms. The number of hydrogen-bond acceptors (Lipinski definition) is 5. The molecule has 10 heteroatoms. The highest BCUT2D eigenvalue weighted by molar-refractivity contribution is 7.89. The molecule has 0 aromatic heterocycles. The van der Waals surface area contributed by atoms with Gasteiger partial charge in [0.15, 0.2) is 5.78 Å². The molecule has 1 fully saturated rings. The van der Waals surface area contributed by atoms with Crippen molar-refractivity contribution >= 4 is 21.5 Å². The van der Waals surface area contributed by atoms with E-state index < -0.39 is 21.8 Å². The maximum absolute atomic E-state index is 12.7. The lowest BCUT2D eigenvalue weighted by Gasteiger charge is -2.26. The zero-order valence-electron chi connectivity index (χ0n) is 15.3. The lowest BCUT2D eigenvalue weighted by molar-refractivity contribution is -0.137. The largest absolute Gasteiger partial charge is 0.416 e. The van der Waals surface area contributed by atoms with E-state index in [0.717, 1.165) is 12.1 Å². The Hall–Kier alpha value is -2.43. The Labute approximate surface area is 166 Å². The second-order valence-electron chi connectivity index (χ2n) is 6.40. The number of anilines is 1. The summed E-state index contributed by atoms with van der Waals surface area (Å²) in [5.74, 6) is -0.377. The SMILES string of the molecule is O=C(CNc1cccc(C(F)(F)F)c1)c1ccc(S(=O)(=O)N2CCOCC2)cc1. The van der Waals surface area contributed by atoms with Gasteiger partial charge in [-0.2, -0.15) is 17.5 Å². The van der Waals surface area contributed by atoms with E-state index in [0.29, 0.717) is 13.2 Å². The molecule has 6 nitrogen and oxygen atoms in total. The first-order valence-electron chi connectivity index (χ1n) is 8.80. The number of morpholine rings is 1. The first kappa shape index (κ1) is 21.3. The van der Waals surface area contributed by atoms with Crippen molar-refractivity contribution in [1.82, 2.24) is 4.31 Å². The van der Waals surface area contributed by atoms with Gasteiger partial charge in [0.1, 0.15) is 0 Å². The first-order valence-corrected chi connectivity index (χ1v) is 10.2. The van der Waals surface area contributed by atoms with Gasteiger partial charge in [0.25, 0.3) is 0 Å². The van der Waals surface area contributed by atoms with Crippen molar-refractivity contribution < 1.29 is 31.1 Å². The zero-order chi connectivity index (χ0) is 21.1. The van der Waals surface area contributed by atoms with E-state index in [2.05, 4.69) is 5.32 Å². The fourth-order valence-corrected chi connectivity index (χ4v) is 4.25. The number of Topliss-reactive ketones (excluding diaryl/α,β-unsaturated/α-hetero) is 1. The number of carbonyl (C=O) groups excluding carboxylic acids is 1. The number of nitrogens with one attached hydrogen (secondary N) is 1. The topological polar surface area (TPSA) is 75.7 Å². The third-order valence-corrected chi connectivity index (χ3v) is 6.34. The van der Waals surface area contributed by atoms with Crippen LogP contribution in [0.5, 0.6) is 0 Å². The minimum Gasteiger partial charge on any atom is -0.379 e. The number of nitrogens with zero attached hydrogens (tertiary/aromatic N) is 1. The third-order valence-electron chi connectivity index (χ3n) is 4.43. The minimum atomic E-state index is -4.47. The molecule has 1 N–H and O–H groups in total. The van der Waals surface area contributed by atoms with Gasteiger partial charge in [-0.25, -0.2) is 8.42 Å². The van der Waals surface area contributed by atoms with Crippen molar-refractivity contribution in [2.45, 2.75) is 11.1 Å². The van der Waals surface area contributed by atoms with Crippen molar-refractivity contribution in [3.05, 3.63) is 59.7 Å². The molecule has 0 unspecified atom stereocenters. The first-order chi connectivity index (χ1) is 13.7. The van der Waals surface area contributed by atoms with E-state index in [-0.39, 0.29) is 41.6 Å². The average molecular weight is 428 g/mol. The van der Waals surface area contributed by atoms with Gasteiger partial charge in [-0.15, -0.1) is 0 Å². The zero-order valence-corrected chi connectivity index (χ0v) is 16.1. The number of sulfonamides is 1. The van der Waals surface area contributed by atoms with E-state index in [9.17, 15) is 26.4 Å². The van der Waals surface area contributed by atoms with Crippen molar-refractivity contribution in [1.29, 1.82) is 0 Å². The minimum absolute atomic E-state index is 0.0711. The van der Waals surface area contributed by atoms with Crippen LogP contribution in [-0.4, -0.2) is 51.4 Å². The molecule has 0 radical (unpaired) electrons. The summed E-state index contributed by atoms with van der Waals surface area (Å²) in [6, 6.07) is 10.0. The van der Waals surface area contributed by atoms with Gasteiger partial charge < -0.3 is 10.1 Å². The van der Waals surface area contributed by atoms with Gasteiger partial charge in [-0.1, -0.05) is 6.07 Å². The molecule has 0 spiro atoms. The molecule has 2 aromatic rings. The van der Waals surface area contributed by atoms with E-state index in [1.165, 1.54) is 40.7 Å². The number of alkyl halides is 3. The van der Waals surface area contributed by atoms with Gasteiger partial charge in [0.05, 0.1) is 30.2 Å². The molecule has 1 saturated heterocycles. The van der Waals surface area contributed by atoms with E-state index in [1.54, 1.807) is 0 Å². The van der Waals surface area contributed by atoms with Crippen molar-refractivity contribution in [3.63, 3.8) is 0 Å². The fraction of sp³-hybridized carbons (Fsp3) is 0.316. The number of halogens is 3. The summed E-state index contributed by atoms with van der Waals surface area (Å²) in [7, 11) is -3.66. The molecule has 29 heavy (non-hydrogen) atoms. The number of ether oxygens (including phenoxy) is 1. The summed E-state index contributed by atoms with van der Waals surface area (Å²) in [6.07, 6.45) is -4.47. The molecule has 3 rings (SSSR count). The smallest absolute Gasteiger partial charge is 0.379 e. The fourth-order valence-electron chi connectivity index (χ4n) is 2.84. The maximum Gasteiger partial charge on any atom is 0.416 e.